The topological polar surface area (TPSA) is 33.2 Å². The van der Waals surface area contributed by atoms with E-state index in [1.807, 2.05) is 11.0 Å². The summed E-state index contributed by atoms with van der Waals surface area (Å²) in [5.41, 5.74) is 1.59. The van der Waals surface area contributed by atoms with Crippen LogP contribution < -0.4 is 0 Å². The van der Waals surface area contributed by atoms with Crippen molar-refractivity contribution in [1.82, 2.24) is 9.88 Å². The molecular weight excluding hydrogens is 284 g/mol. The van der Waals surface area contributed by atoms with Crippen LogP contribution in [0.2, 0.25) is 5.15 Å². The highest BCUT2D eigenvalue weighted by Crippen LogP contribution is 2.34. The zero-order valence-corrected chi connectivity index (χ0v) is 13.6. The molecule has 2 aliphatic carbocycles. The molecule has 0 spiro atoms. The number of pyridine rings is 1. The maximum Gasteiger partial charge on any atom is 0.254 e. The van der Waals surface area contributed by atoms with Crippen molar-refractivity contribution in [3.05, 3.63) is 28.5 Å². The Morgan fingerprint density at radius 2 is 1.81 bits per heavy atom. The van der Waals surface area contributed by atoms with Gasteiger partial charge in [0.2, 0.25) is 0 Å². The lowest BCUT2D eigenvalue weighted by atomic mass is 10.1. The van der Waals surface area contributed by atoms with Crippen LogP contribution in [-0.4, -0.2) is 28.9 Å². The molecule has 0 N–H and O–H groups in total. The van der Waals surface area contributed by atoms with Gasteiger partial charge in [-0.25, -0.2) is 4.98 Å². The van der Waals surface area contributed by atoms with Crippen molar-refractivity contribution in [1.29, 1.82) is 0 Å². The van der Waals surface area contributed by atoms with E-state index in [4.69, 9.17) is 11.6 Å². The van der Waals surface area contributed by atoms with Crippen molar-refractivity contribution in [3.63, 3.8) is 0 Å². The molecule has 114 valence electrons. The minimum absolute atomic E-state index is 0.125. The van der Waals surface area contributed by atoms with Crippen molar-refractivity contribution in [2.75, 3.05) is 13.1 Å². The molecule has 21 heavy (non-hydrogen) atoms. The normalized spacial score (nSPS) is 18.1. The fourth-order valence-electron chi connectivity index (χ4n) is 2.58. The smallest absolute Gasteiger partial charge is 0.254 e. The molecule has 0 bridgehead atoms. The van der Waals surface area contributed by atoms with Gasteiger partial charge in [0.15, 0.2) is 0 Å². The number of amides is 1. The highest BCUT2D eigenvalue weighted by molar-refractivity contribution is 6.29. The first kappa shape index (κ1) is 14.8. The summed E-state index contributed by atoms with van der Waals surface area (Å²) < 4.78 is 0. The van der Waals surface area contributed by atoms with Gasteiger partial charge in [-0.15, -0.1) is 0 Å². The van der Waals surface area contributed by atoms with Crippen molar-refractivity contribution >= 4 is 17.5 Å². The van der Waals surface area contributed by atoms with Crippen LogP contribution >= 0.6 is 11.6 Å². The summed E-state index contributed by atoms with van der Waals surface area (Å²) in [6.07, 6.45) is 5.07. The maximum absolute atomic E-state index is 12.8. The van der Waals surface area contributed by atoms with E-state index in [-0.39, 0.29) is 11.8 Å². The predicted molar refractivity (Wildman–Crippen MR) is 84.7 cm³/mol. The molecule has 1 aromatic rings. The molecule has 1 heterocycles. The summed E-state index contributed by atoms with van der Waals surface area (Å²) in [6, 6.07) is 3.62. The molecule has 0 atom stereocenters. The largest absolute Gasteiger partial charge is 0.338 e. The summed E-state index contributed by atoms with van der Waals surface area (Å²) >= 11 is 6.10. The lowest BCUT2D eigenvalue weighted by molar-refractivity contribution is 0.0739. The van der Waals surface area contributed by atoms with Gasteiger partial charge >= 0.3 is 0 Å². The van der Waals surface area contributed by atoms with E-state index in [9.17, 15) is 4.79 Å². The first-order valence-electron chi connectivity index (χ1n) is 7.99. The summed E-state index contributed by atoms with van der Waals surface area (Å²) in [4.78, 5) is 19.2. The van der Waals surface area contributed by atoms with Gasteiger partial charge in [-0.3, -0.25) is 4.79 Å². The molecule has 2 saturated carbocycles. The second-order valence-electron chi connectivity index (χ2n) is 6.85. The van der Waals surface area contributed by atoms with Gasteiger partial charge in [0.25, 0.3) is 5.91 Å². The molecule has 0 saturated heterocycles. The monoisotopic (exact) mass is 306 g/mol. The van der Waals surface area contributed by atoms with Crippen molar-refractivity contribution in [2.45, 2.75) is 45.4 Å². The van der Waals surface area contributed by atoms with Crippen LogP contribution in [0.4, 0.5) is 0 Å². The Labute approximate surface area is 131 Å². The second-order valence-corrected chi connectivity index (χ2v) is 7.24. The summed E-state index contributed by atoms with van der Waals surface area (Å²) in [6.45, 7) is 5.96. The van der Waals surface area contributed by atoms with Gasteiger partial charge in [-0.1, -0.05) is 25.4 Å². The lowest BCUT2D eigenvalue weighted by Gasteiger charge is -2.23. The third kappa shape index (κ3) is 3.97. The fourth-order valence-corrected chi connectivity index (χ4v) is 2.80. The zero-order valence-electron chi connectivity index (χ0n) is 12.8. The number of rotatable bonds is 6. The van der Waals surface area contributed by atoms with Gasteiger partial charge in [0.05, 0.1) is 0 Å². The van der Waals surface area contributed by atoms with Crippen molar-refractivity contribution in [2.24, 2.45) is 11.8 Å². The van der Waals surface area contributed by atoms with Crippen LogP contribution in [0.15, 0.2) is 12.1 Å². The van der Waals surface area contributed by atoms with Crippen molar-refractivity contribution in [3.8, 4) is 0 Å². The number of carbonyl (C=O) groups is 1. The molecular formula is C17H23ClN2O. The Kier molecular flexibility index (Phi) is 4.21. The van der Waals surface area contributed by atoms with E-state index in [0.29, 0.717) is 10.7 Å². The average Bonchev–Trinajstić information content (AvgIpc) is 3.31. The third-order valence-electron chi connectivity index (χ3n) is 4.29. The highest BCUT2D eigenvalue weighted by Gasteiger charge is 2.32. The highest BCUT2D eigenvalue weighted by atomic mass is 35.5. The number of halogens is 1. The maximum atomic E-state index is 12.8. The van der Waals surface area contributed by atoms with E-state index in [1.54, 1.807) is 6.07 Å². The quantitative estimate of drug-likeness (QED) is 0.741. The van der Waals surface area contributed by atoms with E-state index < -0.39 is 0 Å². The number of aromatic nitrogens is 1. The molecule has 2 fully saturated rings. The van der Waals surface area contributed by atoms with Crippen LogP contribution in [-0.2, 0) is 0 Å². The average molecular weight is 307 g/mol. The molecule has 0 aliphatic heterocycles. The van der Waals surface area contributed by atoms with Gasteiger partial charge in [0.1, 0.15) is 5.15 Å². The van der Waals surface area contributed by atoms with Crippen LogP contribution in [0.3, 0.4) is 0 Å². The van der Waals surface area contributed by atoms with Crippen LogP contribution in [0.5, 0.6) is 0 Å². The van der Waals surface area contributed by atoms with Crippen LogP contribution in [0.25, 0.3) is 0 Å². The molecule has 0 aromatic carbocycles. The molecule has 0 radical (unpaired) electrons. The molecule has 3 rings (SSSR count). The zero-order chi connectivity index (χ0) is 15.0. The molecule has 0 unspecified atom stereocenters. The number of nitrogens with zero attached hydrogens (tertiary/aromatic N) is 2. The summed E-state index contributed by atoms with van der Waals surface area (Å²) in [5.74, 6) is 1.83. The molecule has 4 heteroatoms. The van der Waals surface area contributed by atoms with Crippen LogP contribution in [0, 0.1) is 11.8 Å². The number of hydrogen-bond acceptors (Lipinski definition) is 2. The predicted octanol–water partition coefficient (Wildman–Crippen LogP) is 4.12. The van der Waals surface area contributed by atoms with Gasteiger partial charge < -0.3 is 4.90 Å². The Morgan fingerprint density at radius 1 is 1.24 bits per heavy atom. The van der Waals surface area contributed by atoms with Gasteiger partial charge in [-0.2, -0.15) is 0 Å². The number of hydrogen-bond donors (Lipinski definition) is 0. The Balaban J connectivity index is 1.79. The van der Waals surface area contributed by atoms with E-state index >= 15 is 0 Å². The van der Waals surface area contributed by atoms with Gasteiger partial charge in [-0.05, 0) is 55.6 Å². The Bertz CT molecular complexity index is 522. The molecule has 1 amide bonds. The Morgan fingerprint density at radius 3 is 2.29 bits per heavy atom. The molecule has 2 aliphatic rings. The van der Waals surface area contributed by atoms with E-state index in [2.05, 4.69) is 18.8 Å². The minimum Gasteiger partial charge on any atom is -0.338 e. The fraction of sp³-hybridized carbons (Fsp3) is 0.647. The molecule has 3 nitrogen and oxygen atoms in total. The van der Waals surface area contributed by atoms with Gasteiger partial charge in [0, 0.05) is 24.3 Å². The van der Waals surface area contributed by atoms with Crippen molar-refractivity contribution < 1.29 is 4.79 Å². The number of carbonyl (C=O) groups excluding carboxylic acids is 1. The standard InChI is InChI=1S/C17H23ClN2O/c1-11(2)15-7-14(8-16(18)19-15)17(21)20(9-12-3-4-12)10-13-5-6-13/h7-8,11-13H,3-6,9-10H2,1-2H3. The lowest BCUT2D eigenvalue weighted by Crippen LogP contribution is -2.34. The first-order valence-corrected chi connectivity index (χ1v) is 8.37. The minimum atomic E-state index is 0.125. The van der Waals surface area contributed by atoms with Crippen LogP contribution in [0.1, 0.15) is 61.5 Å². The van der Waals surface area contributed by atoms with E-state index in [1.165, 1.54) is 25.7 Å². The summed E-state index contributed by atoms with van der Waals surface area (Å²) in [5, 5.41) is 0.419. The SMILES string of the molecule is CC(C)c1cc(C(=O)N(CC2CC2)CC2CC2)cc(Cl)n1. The second kappa shape index (κ2) is 5.96. The Hall–Kier alpha value is -1.09. The third-order valence-corrected chi connectivity index (χ3v) is 4.48. The molecule has 1 aromatic heterocycles. The first-order chi connectivity index (χ1) is 10.0. The summed E-state index contributed by atoms with van der Waals surface area (Å²) in [7, 11) is 0. The van der Waals surface area contributed by atoms with E-state index in [0.717, 1.165) is 30.6 Å².